The molecule has 252 valence electrons. The van der Waals surface area contributed by atoms with Crippen molar-refractivity contribution in [1.82, 2.24) is 19.5 Å². The van der Waals surface area contributed by atoms with E-state index in [9.17, 15) is 8.78 Å². The number of fused-ring (bicyclic) bond motifs is 5. The first-order chi connectivity index (χ1) is 26.1. The lowest BCUT2D eigenvalue weighted by Gasteiger charge is -2.32. The van der Waals surface area contributed by atoms with Gasteiger partial charge in [0.1, 0.15) is 11.6 Å². The molecule has 1 aliphatic rings. The van der Waals surface area contributed by atoms with Gasteiger partial charge in [-0.1, -0.05) is 60.7 Å². The van der Waals surface area contributed by atoms with Crippen molar-refractivity contribution in [2.45, 2.75) is 0 Å². The van der Waals surface area contributed by atoms with E-state index in [0.29, 0.717) is 28.7 Å². The molecule has 8 heteroatoms. The maximum Gasteiger partial charge on any atom is 0.238 e. The highest BCUT2D eigenvalue weighted by molar-refractivity contribution is 6.10. The molecule has 0 unspecified atom stereocenters. The summed E-state index contributed by atoms with van der Waals surface area (Å²) < 4.78 is 36.0. The lowest BCUT2D eigenvalue weighted by molar-refractivity contribution is 0.477. The quantitative estimate of drug-likeness (QED) is 0.180. The fraction of sp³-hybridized carbons (Fsp3) is 0. The molecular weight excluding hydrogens is 665 g/mol. The van der Waals surface area contributed by atoms with Gasteiger partial charge >= 0.3 is 0 Å². The van der Waals surface area contributed by atoms with Gasteiger partial charge in [0.25, 0.3) is 0 Å². The average molecular weight is 692 g/mol. The van der Waals surface area contributed by atoms with Crippen LogP contribution in [0.25, 0.3) is 61.7 Å². The Labute approximate surface area is 302 Å². The SMILES string of the molecule is Fc1ccc(-c2nc(-c3ccc(F)cc3)nc(-n3c4ccccc4c4cc(-c5ccc(N6c7ccccc7Oc7ccccc76)cc5)ccc43)n2)cc1. The van der Waals surface area contributed by atoms with E-state index >= 15 is 0 Å². The zero-order chi connectivity index (χ0) is 35.5. The standard InChI is InChI=1S/C45H27F2N5O/c46-32-20-13-29(14-21-32)43-48-44(30-15-22-33(47)23-16-30)50-45(49-43)52-37-8-2-1-7-35(37)36-27-31(19-26-38(36)52)28-17-24-34(25-18-28)51-39-9-3-5-11-41(39)53-42-12-6-4-10-40(42)51/h1-27H. The third kappa shape index (κ3) is 5.27. The fourth-order valence-electron chi connectivity index (χ4n) is 7.07. The van der Waals surface area contributed by atoms with Gasteiger partial charge < -0.3 is 9.64 Å². The third-order valence-electron chi connectivity index (χ3n) is 9.59. The molecule has 6 nitrogen and oxygen atoms in total. The van der Waals surface area contributed by atoms with E-state index in [1.807, 2.05) is 59.2 Å². The molecule has 0 fully saturated rings. The summed E-state index contributed by atoms with van der Waals surface area (Å²) in [6, 6.07) is 51.3. The van der Waals surface area contributed by atoms with Crippen LogP contribution in [0, 0.1) is 11.6 Å². The summed E-state index contributed by atoms with van der Waals surface area (Å²) in [6.45, 7) is 0. The maximum absolute atomic E-state index is 13.9. The molecule has 0 radical (unpaired) electrons. The first-order valence-corrected chi connectivity index (χ1v) is 17.2. The van der Waals surface area contributed by atoms with Crippen molar-refractivity contribution >= 4 is 38.9 Å². The van der Waals surface area contributed by atoms with Crippen LogP contribution in [0.3, 0.4) is 0 Å². The van der Waals surface area contributed by atoms with E-state index in [1.54, 1.807) is 24.3 Å². The van der Waals surface area contributed by atoms with Gasteiger partial charge in [0.15, 0.2) is 23.1 Å². The largest absolute Gasteiger partial charge is 0.453 e. The number of para-hydroxylation sites is 5. The Kier molecular flexibility index (Phi) is 7.07. The molecule has 0 atom stereocenters. The Morgan fingerprint density at radius 1 is 0.434 bits per heavy atom. The molecule has 0 saturated heterocycles. The minimum Gasteiger partial charge on any atom is -0.453 e. The molecule has 1 aliphatic heterocycles. The molecule has 0 N–H and O–H groups in total. The van der Waals surface area contributed by atoms with E-state index in [2.05, 4.69) is 65.6 Å². The molecular formula is C45H27F2N5O. The highest BCUT2D eigenvalue weighted by Crippen LogP contribution is 2.50. The van der Waals surface area contributed by atoms with Crippen LogP contribution in [0.2, 0.25) is 0 Å². The Balaban J connectivity index is 1.09. The summed E-state index contributed by atoms with van der Waals surface area (Å²) in [6.07, 6.45) is 0. The number of hydrogen-bond acceptors (Lipinski definition) is 5. The molecule has 0 spiro atoms. The van der Waals surface area contributed by atoms with Crippen LogP contribution in [-0.2, 0) is 0 Å². The second kappa shape index (κ2) is 12.2. The van der Waals surface area contributed by atoms with Gasteiger partial charge in [-0.3, -0.25) is 4.57 Å². The minimum atomic E-state index is -0.355. The molecule has 0 amide bonds. The van der Waals surface area contributed by atoms with Crippen LogP contribution in [0.5, 0.6) is 11.5 Å². The number of halogens is 2. The Bertz CT molecular complexity index is 2720. The Morgan fingerprint density at radius 3 is 1.57 bits per heavy atom. The van der Waals surface area contributed by atoms with Crippen LogP contribution in [-0.4, -0.2) is 19.5 Å². The van der Waals surface area contributed by atoms with Gasteiger partial charge in [0.2, 0.25) is 5.95 Å². The van der Waals surface area contributed by atoms with Gasteiger partial charge in [-0.2, -0.15) is 9.97 Å². The van der Waals surface area contributed by atoms with Crippen molar-refractivity contribution in [3.63, 3.8) is 0 Å². The van der Waals surface area contributed by atoms with Crippen LogP contribution in [0.4, 0.5) is 25.8 Å². The number of nitrogens with zero attached hydrogens (tertiary/aromatic N) is 5. The van der Waals surface area contributed by atoms with Crippen molar-refractivity contribution in [2.75, 3.05) is 4.90 Å². The summed E-state index contributed by atoms with van der Waals surface area (Å²) in [5.41, 5.74) is 8.22. The molecule has 0 bridgehead atoms. The summed E-state index contributed by atoms with van der Waals surface area (Å²) in [7, 11) is 0. The second-order valence-corrected chi connectivity index (χ2v) is 12.8. The number of hydrogen-bond donors (Lipinski definition) is 0. The van der Waals surface area contributed by atoms with E-state index in [0.717, 1.165) is 61.5 Å². The molecule has 0 aliphatic carbocycles. The van der Waals surface area contributed by atoms with Gasteiger partial charge in [-0.15, -0.1) is 0 Å². The molecule has 10 rings (SSSR count). The molecule has 0 saturated carbocycles. The first kappa shape index (κ1) is 30.6. The maximum atomic E-state index is 13.9. The van der Waals surface area contributed by atoms with Crippen molar-refractivity contribution < 1.29 is 13.5 Å². The summed E-state index contributed by atoms with van der Waals surface area (Å²) in [5.74, 6) is 2.06. The zero-order valence-electron chi connectivity index (χ0n) is 28.0. The highest BCUT2D eigenvalue weighted by atomic mass is 19.1. The number of ether oxygens (including phenoxy) is 1. The molecule has 9 aromatic rings. The molecule has 7 aromatic carbocycles. The van der Waals surface area contributed by atoms with Gasteiger partial charge in [0, 0.05) is 27.6 Å². The number of rotatable bonds is 5. The molecule has 2 aromatic heterocycles. The summed E-state index contributed by atoms with van der Waals surface area (Å²) >= 11 is 0. The fourth-order valence-corrected chi connectivity index (χ4v) is 7.07. The second-order valence-electron chi connectivity index (χ2n) is 12.8. The van der Waals surface area contributed by atoms with Crippen molar-refractivity contribution in [2.24, 2.45) is 0 Å². The summed E-state index contributed by atoms with van der Waals surface area (Å²) in [4.78, 5) is 16.8. The van der Waals surface area contributed by atoms with Gasteiger partial charge in [-0.25, -0.2) is 13.8 Å². The monoisotopic (exact) mass is 691 g/mol. The normalized spacial score (nSPS) is 12.1. The van der Waals surface area contributed by atoms with Crippen LogP contribution in [0.1, 0.15) is 0 Å². The third-order valence-corrected chi connectivity index (χ3v) is 9.59. The van der Waals surface area contributed by atoms with Gasteiger partial charge in [-0.05, 0) is 114 Å². The molecule has 3 heterocycles. The Hall–Kier alpha value is -7.19. The number of benzene rings is 7. The van der Waals surface area contributed by atoms with Gasteiger partial charge in [0.05, 0.1) is 22.4 Å². The lowest BCUT2D eigenvalue weighted by atomic mass is 10.0. The van der Waals surface area contributed by atoms with Crippen LogP contribution < -0.4 is 9.64 Å². The highest BCUT2D eigenvalue weighted by Gasteiger charge is 2.25. The topological polar surface area (TPSA) is 56.1 Å². The summed E-state index contributed by atoms with van der Waals surface area (Å²) in [5, 5.41) is 2.07. The van der Waals surface area contributed by atoms with E-state index in [-0.39, 0.29) is 11.6 Å². The minimum absolute atomic E-state index is 0.355. The van der Waals surface area contributed by atoms with E-state index in [4.69, 9.17) is 19.7 Å². The zero-order valence-corrected chi connectivity index (χ0v) is 28.0. The van der Waals surface area contributed by atoms with Crippen molar-refractivity contribution in [1.29, 1.82) is 0 Å². The number of aromatic nitrogens is 4. The smallest absolute Gasteiger partial charge is 0.238 e. The van der Waals surface area contributed by atoms with Crippen LogP contribution in [0.15, 0.2) is 164 Å². The number of anilines is 3. The van der Waals surface area contributed by atoms with Crippen LogP contribution >= 0.6 is 0 Å². The lowest BCUT2D eigenvalue weighted by Crippen LogP contribution is -2.15. The predicted molar refractivity (Wildman–Crippen MR) is 205 cm³/mol. The average Bonchev–Trinajstić information content (AvgIpc) is 3.54. The van der Waals surface area contributed by atoms with E-state index in [1.165, 1.54) is 24.3 Å². The van der Waals surface area contributed by atoms with Crippen molar-refractivity contribution in [3.8, 4) is 51.3 Å². The Morgan fingerprint density at radius 2 is 0.943 bits per heavy atom. The first-order valence-electron chi connectivity index (χ1n) is 17.2. The molecule has 53 heavy (non-hydrogen) atoms. The van der Waals surface area contributed by atoms with E-state index < -0.39 is 0 Å². The predicted octanol–water partition coefficient (Wildman–Crippen LogP) is 11.8. The van der Waals surface area contributed by atoms with Crippen molar-refractivity contribution in [3.05, 3.63) is 175 Å².